The molecular formula is C23H23BrN2O3. The minimum atomic E-state index is -0.552. The Morgan fingerprint density at radius 1 is 1.03 bits per heavy atom. The number of rotatable bonds is 3. The summed E-state index contributed by atoms with van der Waals surface area (Å²) in [5.74, 6) is -0.690. The molecule has 29 heavy (non-hydrogen) atoms. The third kappa shape index (κ3) is 3.01. The van der Waals surface area contributed by atoms with Gasteiger partial charge in [0.1, 0.15) is 0 Å². The Kier molecular flexibility index (Phi) is 4.65. The molecule has 2 aliphatic rings. The minimum absolute atomic E-state index is 0.137. The fourth-order valence-electron chi connectivity index (χ4n) is 4.56. The van der Waals surface area contributed by atoms with Crippen LogP contribution in [-0.4, -0.2) is 17.7 Å². The number of amides is 3. The van der Waals surface area contributed by atoms with Crippen molar-refractivity contribution in [2.75, 3.05) is 10.2 Å². The molecule has 0 radical (unpaired) electrons. The molecule has 0 aromatic heterocycles. The number of halogens is 1. The van der Waals surface area contributed by atoms with Crippen molar-refractivity contribution in [3.8, 4) is 0 Å². The van der Waals surface area contributed by atoms with Crippen molar-refractivity contribution in [2.24, 2.45) is 16.7 Å². The van der Waals surface area contributed by atoms with Gasteiger partial charge in [0.05, 0.1) is 11.1 Å². The van der Waals surface area contributed by atoms with Crippen LogP contribution in [0.15, 0.2) is 53.0 Å². The molecule has 1 N–H and O–H groups in total. The second-order valence-electron chi connectivity index (χ2n) is 8.63. The molecule has 150 valence electrons. The number of benzene rings is 2. The second kappa shape index (κ2) is 6.80. The topological polar surface area (TPSA) is 66.5 Å². The summed E-state index contributed by atoms with van der Waals surface area (Å²) in [7, 11) is 0. The van der Waals surface area contributed by atoms with Gasteiger partial charge < -0.3 is 5.32 Å². The van der Waals surface area contributed by atoms with Gasteiger partial charge in [-0.1, -0.05) is 36.7 Å². The highest BCUT2D eigenvalue weighted by Crippen LogP contribution is 2.60. The highest BCUT2D eigenvalue weighted by molar-refractivity contribution is 9.10. The monoisotopic (exact) mass is 454 g/mol. The lowest BCUT2D eigenvalue weighted by Crippen LogP contribution is -2.59. The summed E-state index contributed by atoms with van der Waals surface area (Å²) in [6.45, 7) is 6.01. The van der Waals surface area contributed by atoms with Gasteiger partial charge >= 0.3 is 0 Å². The van der Waals surface area contributed by atoms with Gasteiger partial charge in [0.25, 0.3) is 5.91 Å². The Morgan fingerprint density at radius 3 is 2.28 bits per heavy atom. The zero-order valence-corrected chi connectivity index (χ0v) is 18.2. The molecular weight excluding hydrogens is 432 g/mol. The molecule has 1 saturated carbocycles. The van der Waals surface area contributed by atoms with Gasteiger partial charge in [-0.05, 0) is 66.8 Å². The zero-order valence-electron chi connectivity index (χ0n) is 16.7. The number of piperidine rings is 1. The molecule has 2 fully saturated rings. The van der Waals surface area contributed by atoms with Gasteiger partial charge in [-0.25, -0.2) is 4.90 Å². The number of anilines is 2. The molecule has 2 atom stereocenters. The Hall–Kier alpha value is -2.47. The number of fused-ring (bicyclic) bond motifs is 2. The van der Waals surface area contributed by atoms with Crippen LogP contribution in [0.25, 0.3) is 0 Å². The normalized spacial score (nSPS) is 25.2. The second-order valence-corrected chi connectivity index (χ2v) is 9.55. The van der Waals surface area contributed by atoms with E-state index < -0.39 is 5.41 Å². The van der Waals surface area contributed by atoms with Crippen molar-refractivity contribution < 1.29 is 14.4 Å². The van der Waals surface area contributed by atoms with Crippen LogP contribution in [0.2, 0.25) is 0 Å². The SMILES string of the molecule is CC1(C)[C@H]2CC[C@]1(C)C(=O)N(c1ccc(C(=O)Nc3ccc(Br)cc3)cc1)C2=O. The van der Waals surface area contributed by atoms with E-state index in [2.05, 4.69) is 21.2 Å². The van der Waals surface area contributed by atoms with Crippen molar-refractivity contribution in [1.82, 2.24) is 0 Å². The first kappa shape index (κ1) is 19.8. The molecule has 2 bridgehead atoms. The van der Waals surface area contributed by atoms with E-state index in [4.69, 9.17) is 0 Å². The molecule has 0 unspecified atom stereocenters. The lowest BCUT2D eigenvalue weighted by atomic mass is 9.62. The molecule has 5 nitrogen and oxygen atoms in total. The van der Waals surface area contributed by atoms with Crippen molar-refractivity contribution in [1.29, 1.82) is 0 Å². The van der Waals surface area contributed by atoms with Crippen LogP contribution in [0.3, 0.4) is 0 Å². The highest BCUT2D eigenvalue weighted by atomic mass is 79.9. The summed E-state index contributed by atoms with van der Waals surface area (Å²) in [5, 5.41) is 2.84. The summed E-state index contributed by atoms with van der Waals surface area (Å²) < 4.78 is 0.932. The highest BCUT2D eigenvalue weighted by Gasteiger charge is 2.64. The number of carbonyl (C=O) groups is 3. The van der Waals surface area contributed by atoms with E-state index in [0.29, 0.717) is 16.9 Å². The van der Waals surface area contributed by atoms with E-state index >= 15 is 0 Å². The number of hydrogen-bond donors (Lipinski definition) is 1. The van der Waals surface area contributed by atoms with Gasteiger partial charge in [-0.15, -0.1) is 0 Å². The van der Waals surface area contributed by atoms with Gasteiger partial charge in [0.15, 0.2) is 0 Å². The van der Waals surface area contributed by atoms with Crippen molar-refractivity contribution >= 4 is 45.0 Å². The molecule has 1 aliphatic heterocycles. The van der Waals surface area contributed by atoms with E-state index in [1.54, 1.807) is 36.4 Å². The molecule has 1 saturated heterocycles. The number of carbonyl (C=O) groups excluding carboxylic acids is 3. The van der Waals surface area contributed by atoms with Crippen LogP contribution >= 0.6 is 15.9 Å². The van der Waals surface area contributed by atoms with Crippen molar-refractivity contribution in [3.63, 3.8) is 0 Å². The number of nitrogens with zero attached hydrogens (tertiary/aromatic N) is 1. The molecule has 2 aromatic carbocycles. The van der Waals surface area contributed by atoms with E-state index in [-0.39, 0.29) is 29.1 Å². The van der Waals surface area contributed by atoms with E-state index in [1.807, 2.05) is 32.9 Å². The van der Waals surface area contributed by atoms with Crippen LogP contribution in [-0.2, 0) is 9.59 Å². The number of hydrogen-bond acceptors (Lipinski definition) is 3. The first-order valence-corrected chi connectivity index (χ1v) is 10.5. The lowest BCUT2D eigenvalue weighted by molar-refractivity contribution is -0.146. The Bertz CT molecular complexity index is 998. The molecule has 1 aliphatic carbocycles. The molecule has 0 spiro atoms. The van der Waals surface area contributed by atoms with Crippen molar-refractivity contribution in [3.05, 3.63) is 58.6 Å². The third-order valence-electron chi connectivity index (χ3n) is 6.91. The first-order chi connectivity index (χ1) is 13.6. The lowest BCUT2D eigenvalue weighted by Gasteiger charge is -2.47. The fourth-order valence-corrected chi connectivity index (χ4v) is 4.83. The predicted octanol–water partition coefficient (Wildman–Crippen LogP) is 5.02. The smallest absolute Gasteiger partial charge is 0.255 e. The molecule has 3 amide bonds. The van der Waals surface area contributed by atoms with Gasteiger partial charge in [-0.2, -0.15) is 0 Å². The third-order valence-corrected chi connectivity index (χ3v) is 7.44. The van der Waals surface area contributed by atoms with Crippen molar-refractivity contribution in [2.45, 2.75) is 33.6 Å². The number of nitrogens with one attached hydrogen (secondary N) is 1. The molecule has 6 heteroatoms. The van der Waals surface area contributed by atoms with E-state index in [0.717, 1.165) is 17.3 Å². The minimum Gasteiger partial charge on any atom is -0.322 e. The summed E-state index contributed by atoms with van der Waals surface area (Å²) in [4.78, 5) is 40.1. The summed E-state index contributed by atoms with van der Waals surface area (Å²) in [6, 6.07) is 14.0. The van der Waals surface area contributed by atoms with Crippen LogP contribution in [0.5, 0.6) is 0 Å². The Morgan fingerprint density at radius 2 is 1.66 bits per heavy atom. The Labute approximate surface area is 178 Å². The van der Waals surface area contributed by atoms with Crippen LogP contribution < -0.4 is 10.2 Å². The largest absolute Gasteiger partial charge is 0.322 e. The van der Waals surface area contributed by atoms with Gasteiger partial charge in [0, 0.05) is 21.6 Å². The first-order valence-electron chi connectivity index (χ1n) is 9.70. The Balaban J connectivity index is 1.56. The quantitative estimate of drug-likeness (QED) is 0.662. The molecule has 2 aromatic rings. The summed E-state index contributed by atoms with van der Waals surface area (Å²) in [6.07, 6.45) is 1.46. The van der Waals surface area contributed by atoms with E-state index in [1.165, 1.54) is 4.90 Å². The van der Waals surface area contributed by atoms with Crippen LogP contribution in [0, 0.1) is 16.7 Å². The maximum absolute atomic E-state index is 13.2. The number of imide groups is 1. The maximum atomic E-state index is 13.2. The average Bonchev–Trinajstić information content (AvgIpc) is 2.87. The fraction of sp³-hybridized carbons (Fsp3) is 0.348. The standard InChI is InChI=1S/C23H23BrN2O3/c1-22(2)18-12-13-23(22,3)21(29)26(20(18)28)17-10-4-14(5-11-17)19(27)25-16-8-6-15(24)7-9-16/h4-11,18H,12-13H2,1-3H3,(H,25,27)/t18-,23+/m0/s1. The van der Waals surface area contributed by atoms with Gasteiger partial charge in [-0.3, -0.25) is 14.4 Å². The predicted molar refractivity (Wildman–Crippen MR) is 116 cm³/mol. The summed E-state index contributed by atoms with van der Waals surface area (Å²) >= 11 is 3.36. The van der Waals surface area contributed by atoms with Gasteiger partial charge in [0.2, 0.25) is 11.8 Å². The molecule has 4 rings (SSSR count). The molecule has 1 heterocycles. The zero-order chi connectivity index (χ0) is 21.0. The average molecular weight is 455 g/mol. The van der Waals surface area contributed by atoms with E-state index in [9.17, 15) is 14.4 Å². The van der Waals surface area contributed by atoms with Crippen LogP contribution in [0.4, 0.5) is 11.4 Å². The maximum Gasteiger partial charge on any atom is 0.255 e. The van der Waals surface area contributed by atoms with Crippen LogP contribution in [0.1, 0.15) is 44.0 Å². The summed E-state index contributed by atoms with van der Waals surface area (Å²) in [5.41, 5.74) is 0.776.